The molecular weight excluding hydrogens is 258 g/mol. The van der Waals surface area contributed by atoms with Crippen LogP contribution in [0.3, 0.4) is 0 Å². The molecule has 5 nitrogen and oxygen atoms in total. The molecule has 0 aliphatic carbocycles. The normalized spacial score (nSPS) is 10.5. The van der Waals surface area contributed by atoms with Crippen molar-refractivity contribution in [1.82, 2.24) is 0 Å². The minimum atomic E-state index is -0.399. The molecule has 0 saturated carbocycles. The van der Waals surface area contributed by atoms with Crippen LogP contribution in [-0.4, -0.2) is 17.8 Å². The summed E-state index contributed by atoms with van der Waals surface area (Å²) in [5, 5.41) is 12.4. The topological polar surface area (TPSA) is 69.4 Å². The highest BCUT2D eigenvalue weighted by Crippen LogP contribution is 2.32. The fraction of sp³-hybridized carbons (Fsp3) is 0.267. The van der Waals surface area contributed by atoms with Crippen LogP contribution in [0.4, 0.5) is 5.69 Å². The molecule has 0 amide bonds. The Hall–Kier alpha value is -2.43. The van der Waals surface area contributed by atoms with Gasteiger partial charge in [0.2, 0.25) is 0 Å². The van der Waals surface area contributed by atoms with E-state index in [1.54, 1.807) is 31.4 Å². The lowest BCUT2D eigenvalue weighted by Crippen LogP contribution is -1.98. The summed E-state index contributed by atoms with van der Waals surface area (Å²) in [7, 11) is 1.55. The van der Waals surface area contributed by atoms with Gasteiger partial charge in [-0.05, 0) is 36.4 Å². The number of nitrogens with zero attached hydrogens (tertiary/aromatic N) is 1. The van der Waals surface area contributed by atoms with E-state index in [-0.39, 0.29) is 11.5 Å². The van der Waals surface area contributed by atoms with E-state index in [1.165, 1.54) is 13.0 Å². The second-order valence-electron chi connectivity index (χ2n) is 4.62. The van der Waals surface area contributed by atoms with Gasteiger partial charge in [-0.15, -0.1) is 0 Å². The highest BCUT2D eigenvalue weighted by Gasteiger charge is 2.14. The number of Topliss-reactive ketones (excluding diaryl/α,β-unsaturated/α-hetero) is 1. The molecule has 0 aromatic heterocycles. The number of carbonyl (C=O) groups excluding carboxylic acids is 1. The van der Waals surface area contributed by atoms with Gasteiger partial charge < -0.3 is 9.53 Å². The molecule has 2 aromatic carbocycles. The zero-order valence-electron chi connectivity index (χ0n) is 11.4. The number of methoxy groups -OCH3 is 1. The molecule has 0 radical (unpaired) electrons. The Morgan fingerprint density at radius 1 is 1.35 bits per heavy atom. The second kappa shape index (κ2) is 5.69. The van der Waals surface area contributed by atoms with E-state index in [1.807, 2.05) is 0 Å². The van der Waals surface area contributed by atoms with Crippen LogP contribution in [0.5, 0.6) is 5.75 Å². The Bertz CT molecular complexity index is 679. The molecule has 104 valence electrons. The molecule has 20 heavy (non-hydrogen) atoms. The van der Waals surface area contributed by atoms with Gasteiger partial charge in [0.25, 0.3) is 5.69 Å². The van der Waals surface area contributed by atoms with Crippen LogP contribution in [0.15, 0.2) is 30.3 Å². The van der Waals surface area contributed by atoms with Crippen molar-refractivity contribution in [3.63, 3.8) is 0 Å². The predicted octanol–water partition coefficient (Wildman–Crippen LogP) is 3.28. The maximum absolute atomic E-state index is 11.1. The van der Waals surface area contributed by atoms with E-state index in [4.69, 9.17) is 4.74 Å². The first kappa shape index (κ1) is 14.0. The molecule has 0 atom stereocenters. The van der Waals surface area contributed by atoms with Crippen molar-refractivity contribution in [2.75, 3.05) is 7.11 Å². The fourth-order valence-corrected chi connectivity index (χ4v) is 2.19. The largest absolute Gasteiger partial charge is 0.496 e. The van der Waals surface area contributed by atoms with Gasteiger partial charge in [0, 0.05) is 12.5 Å². The van der Waals surface area contributed by atoms with Crippen LogP contribution < -0.4 is 4.74 Å². The van der Waals surface area contributed by atoms with Gasteiger partial charge in [0.1, 0.15) is 11.5 Å². The Balaban J connectivity index is 2.58. The molecular formula is C15H15NO4. The van der Waals surface area contributed by atoms with E-state index < -0.39 is 4.92 Å². The maximum Gasteiger partial charge on any atom is 0.277 e. The smallest absolute Gasteiger partial charge is 0.277 e. The van der Waals surface area contributed by atoms with Crippen LogP contribution in [0.2, 0.25) is 0 Å². The van der Waals surface area contributed by atoms with Crippen molar-refractivity contribution in [3.05, 3.63) is 46.0 Å². The Morgan fingerprint density at radius 3 is 2.70 bits per heavy atom. The minimum absolute atomic E-state index is 0.0641. The van der Waals surface area contributed by atoms with Gasteiger partial charge in [-0.2, -0.15) is 0 Å². The van der Waals surface area contributed by atoms with E-state index in [9.17, 15) is 14.9 Å². The number of fused-ring (bicyclic) bond motifs is 1. The summed E-state index contributed by atoms with van der Waals surface area (Å²) < 4.78 is 5.30. The number of aryl methyl sites for hydroxylation is 1. The number of nitro groups is 1. The minimum Gasteiger partial charge on any atom is -0.496 e. The van der Waals surface area contributed by atoms with Gasteiger partial charge in [-0.25, -0.2) is 0 Å². The van der Waals surface area contributed by atoms with Crippen LogP contribution in [0, 0.1) is 10.1 Å². The summed E-state index contributed by atoms with van der Waals surface area (Å²) >= 11 is 0. The number of ether oxygens (including phenoxy) is 1. The third kappa shape index (κ3) is 2.77. The van der Waals surface area contributed by atoms with Crippen LogP contribution >= 0.6 is 0 Å². The molecule has 0 saturated heterocycles. The lowest BCUT2D eigenvalue weighted by atomic mass is 10.0. The number of ketones is 1. The number of hydrogen-bond acceptors (Lipinski definition) is 4. The Labute approximate surface area is 116 Å². The molecule has 0 fully saturated rings. The van der Waals surface area contributed by atoms with Crippen molar-refractivity contribution >= 4 is 22.2 Å². The predicted molar refractivity (Wildman–Crippen MR) is 76.2 cm³/mol. The molecule has 0 N–H and O–H groups in total. The van der Waals surface area contributed by atoms with Gasteiger partial charge in [-0.3, -0.25) is 10.1 Å². The van der Waals surface area contributed by atoms with Crippen molar-refractivity contribution in [2.24, 2.45) is 0 Å². The highest BCUT2D eigenvalue weighted by molar-refractivity contribution is 5.92. The summed E-state index contributed by atoms with van der Waals surface area (Å²) in [6.07, 6.45) is 0.906. The molecule has 0 spiro atoms. The monoisotopic (exact) mass is 273 g/mol. The van der Waals surface area contributed by atoms with Gasteiger partial charge >= 0.3 is 0 Å². The highest BCUT2D eigenvalue weighted by atomic mass is 16.6. The molecule has 0 heterocycles. The number of carbonyl (C=O) groups is 1. The van der Waals surface area contributed by atoms with Crippen LogP contribution in [-0.2, 0) is 11.2 Å². The number of rotatable bonds is 5. The van der Waals surface area contributed by atoms with Crippen LogP contribution in [0.25, 0.3) is 10.8 Å². The Kier molecular flexibility index (Phi) is 3.98. The van der Waals surface area contributed by atoms with Crippen molar-refractivity contribution < 1.29 is 14.5 Å². The number of nitro benzene ring substituents is 1. The summed E-state index contributed by atoms with van der Waals surface area (Å²) in [6.45, 7) is 1.52. The average molecular weight is 273 g/mol. The first-order chi connectivity index (χ1) is 9.52. The van der Waals surface area contributed by atoms with Gasteiger partial charge in [0.05, 0.1) is 17.4 Å². The molecule has 5 heteroatoms. The first-order valence-electron chi connectivity index (χ1n) is 6.26. The van der Waals surface area contributed by atoms with E-state index in [0.717, 1.165) is 10.9 Å². The van der Waals surface area contributed by atoms with E-state index in [0.29, 0.717) is 24.0 Å². The van der Waals surface area contributed by atoms with Crippen molar-refractivity contribution in [3.8, 4) is 5.75 Å². The van der Waals surface area contributed by atoms with E-state index in [2.05, 4.69) is 0 Å². The fourth-order valence-electron chi connectivity index (χ4n) is 2.19. The molecule has 2 aromatic rings. The SMILES string of the molecule is COc1cc2cccc([N+](=O)[O-])c2cc1CCC(C)=O. The van der Waals surface area contributed by atoms with Crippen molar-refractivity contribution in [1.29, 1.82) is 0 Å². The molecule has 0 unspecified atom stereocenters. The summed E-state index contributed by atoms with van der Waals surface area (Å²) in [6, 6.07) is 8.45. The Morgan fingerprint density at radius 2 is 2.10 bits per heavy atom. The maximum atomic E-state index is 11.1. The zero-order valence-corrected chi connectivity index (χ0v) is 11.4. The number of benzene rings is 2. The third-order valence-corrected chi connectivity index (χ3v) is 3.20. The lowest BCUT2D eigenvalue weighted by molar-refractivity contribution is -0.383. The summed E-state index contributed by atoms with van der Waals surface area (Å²) in [4.78, 5) is 21.8. The first-order valence-corrected chi connectivity index (χ1v) is 6.26. The molecule has 2 rings (SSSR count). The summed E-state index contributed by atoms with van der Waals surface area (Å²) in [5.74, 6) is 0.731. The lowest BCUT2D eigenvalue weighted by Gasteiger charge is -2.10. The second-order valence-corrected chi connectivity index (χ2v) is 4.62. The quantitative estimate of drug-likeness (QED) is 0.619. The van der Waals surface area contributed by atoms with Crippen LogP contribution in [0.1, 0.15) is 18.9 Å². The molecule has 0 aliphatic heterocycles. The number of hydrogen-bond donors (Lipinski definition) is 0. The average Bonchev–Trinajstić information content (AvgIpc) is 2.42. The van der Waals surface area contributed by atoms with Gasteiger partial charge in [-0.1, -0.05) is 12.1 Å². The summed E-state index contributed by atoms with van der Waals surface area (Å²) in [5.41, 5.74) is 0.874. The molecule has 0 bridgehead atoms. The standard InChI is InChI=1S/C15H15NO4/c1-10(17)6-7-12-8-13-11(9-15(12)20-2)4-3-5-14(13)16(18)19/h3-5,8-9H,6-7H2,1-2H3. The van der Waals surface area contributed by atoms with Gasteiger partial charge in [0.15, 0.2) is 0 Å². The molecule has 0 aliphatic rings. The number of non-ortho nitro benzene ring substituents is 1. The van der Waals surface area contributed by atoms with E-state index >= 15 is 0 Å². The van der Waals surface area contributed by atoms with Crippen molar-refractivity contribution in [2.45, 2.75) is 19.8 Å². The zero-order chi connectivity index (χ0) is 14.7. The third-order valence-electron chi connectivity index (χ3n) is 3.20.